The lowest BCUT2D eigenvalue weighted by Crippen LogP contribution is -2.08. The van der Waals surface area contributed by atoms with Crippen molar-refractivity contribution in [2.75, 3.05) is 5.32 Å². The molecule has 30 heavy (non-hydrogen) atoms. The number of nitrogens with one attached hydrogen (secondary N) is 1. The van der Waals surface area contributed by atoms with Crippen LogP contribution in [-0.2, 0) is 11.3 Å². The third-order valence-electron chi connectivity index (χ3n) is 3.46. The zero-order valence-electron chi connectivity index (χ0n) is 16.1. The van der Waals surface area contributed by atoms with Crippen LogP contribution in [-0.4, -0.2) is 24.2 Å². The molecule has 11 heteroatoms. The highest BCUT2D eigenvalue weighted by Crippen LogP contribution is 2.24. The molecule has 6 nitrogen and oxygen atoms in total. The van der Waals surface area contributed by atoms with Gasteiger partial charge in [0.1, 0.15) is 11.6 Å². The van der Waals surface area contributed by atoms with E-state index in [4.69, 9.17) is 0 Å². The Balaban J connectivity index is 0.000000479. The fourth-order valence-electron chi connectivity index (χ4n) is 2.12. The molecule has 0 bridgehead atoms. The van der Waals surface area contributed by atoms with Gasteiger partial charge in [-0.1, -0.05) is 0 Å². The Morgan fingerprint density at radius 3 is 2.33 bits per heavy atom. The van der Waals surface area contributed by atoms with Gasteiger partial charge in [-0.3, -0.25) is 4.79 Å². The number of anilines is 1. The second-order valence-corrected chi connectivity index (χ2v) is 5.73. The van der Waals surface area contributed by atoms with E-state index in [0.29, 0.717) is 28.7 Å². The van der Waals surface area contributed by atoms with Gasteiger partial charge in [0.25, 0.3) is 0 Å². The Hall–Kier alpha value is -3.50. The van der Waals surface area contributed by atoms with Crippen LogP contribution < -0.4 is 15.8 Å². The summed E-state index contributed by atoms with van der Waals surface area (Å²) >= 11 is 0. The Kier molecular flexibility index (Phi) is 9.40. The topological polar surface area (TPSA) is 89.6 Å². The predicted molar refractivity (Wildman–Crippen MR) is 102 cm³/mol. The maximum atomic E-state index is 13.1. The summed E-state index contributed by atoms with van der Waals surface area (Å²) in [5.41, 5.74) is 6.47. The molecule has 1 aromatic heterocycles. The van der Waals surface area contributed by atoms with Gasteiger partial charge in [0.2, 0.25) is 11.7 Å². The van der Waals surface area contributed by atoms with Gasteiger partial charge < -0.3 is 15.8 Å². The van der Waals surface area contributed by atoms with Crippen molar-refractivity contribution in [3.05, 3.63) is 64.7 Å². The first-order chi connectivity index (χ1) is 14.1. The van der Waals surface area contributed by atoms with Gasteiger partial charge >= 0.3 is 12.5 Å². The second kappa shape index (κ2) is 11.5. The number of aliphatic imine (C=N–C) groups is 1. The molecule has 0 spiro atoms. The molecule has 0 saturated carbocycles. The van der Waals surface area contributed by atoms with Crippen molar-refractivity contribution in [3.8, 4) is 5.88 Å². The van der Waals surface area contributed by atoms with Gasteiger partial charge in [0, 0.05) is 24.4 Å². The van der Waals surface area contributed by atoms with Gasteiger partial charge in [0.05, 0.1) is 11.4 Å². The molecule has 0 aliphatic rings. The molecule has 3 N–H and O–H groups in total. The summed E-state index contributed by atoms with van der Waals surface area (Å²) in [5, 5.41) is 2.97. The van der Waals surface area contributed by atoms with E-state index in [0.717, 1.165) is 6.07 Å². The molecule has 0 fully saturated rings. The molecule has 0 aliphatic heterocycles. The van der Waals surface area contributed by atoms with Gasteiger partial charge in [-0.2, -0.15) is 13.2 Å². The van der Waals surface area contributed by atoms with Crippen LogP contribution in [0, 0.1) is 25.5 Å². The SMILES string of the molecule is C=NC(=O)/C(F)=C\N.Cc1cc(NCc2cc(F)cc(F)c2)c(C)nc1OC(F)F. The molecule has 0 radical (unpaired) electrons. The Labute approximate surface area is 169 Å². The summed E-state index contributed by atoms with van der Waals surface area (Å²) in [6, 6.07) is 4.80. The lowest BCUT2D eigenvalue weighted by molar-refractivity contribution is -0.115. The summed E-state index contributed by atoms with van der Waals surface area (Å²) in [4.78, 5) is 16.7. The number of rotatable bonds is 6. The zero-order chi connectivity index (χ0) is 22.8. The summed E-state index contributed by atoms with van der Waals surface area (Å²) in [7, 11) is 0. The smallest absolute Gasteiger partial charge is 0.388 e. The Bertz CT molecular complexity index is 915. The van der Waals surface area contributed by atoms with Gasteiger partial charge in [-0.05, 0) is 44.3 Å². The number of nitrogens with two attached hydrogens (primary N) is 1. The standard InChI is InChI=1S/C15H14F4N2O.C4H5FN2O/c1-8-3-13(9(2)21-14(8)22-15(18)19)20-7-10-4-11(16)6-12(17)5-10;1-7-4(8)3(5)2-6/h3-6,15,20H,7H2,1-2H3;2H,1,6H2/b;3-2+. The zero-order valence-corrected chi connectivity index (χ0v) is 16.1. The van der Waals surface area contributed by atoms with Crippen LogP contribution in [0.2, 0.25) is 0 Å². The quantitative estimate of drug-likeness (QED) is 0.408. The third-order valence-corrected chi connectivity index (χ3v) is 3.46. The molecule has 1 amide bonds. The third kappa shape index (κ3) is 7.86. The average molecular weight is 430 g/mol. The van der Waals surface area contributed by atoms with Crippen LogP contribution in [0.3, 0.4) is 0 Å². The van der Waals surface area contributed by atoms with E-state index < -0.39 is 30.0 Å². The van der Waals surface area contributed by atoms with Gasteiger partial charge in [-0.25, -0.2) is 18.8 Å². The molecular weight excluding hydrogens is 411 g/mol. The van der Waals surface area contributed by atoms with Crippen molar-refractivity contribution in [1.82, 2.24) is 4.98 Å². The molecular formula is C19H19F5N4O2. The highest BCUT2D eigenvalue weighted by molar-refractivity contribution is 5.94. The number of amides is 1. The van der Waals surface area contributed by atoms with E-state index in [1.165, 1.54) is 12.1 Å². The largest absolute Gasteiger partial charge is 0.417 e. The van der Waals surface area contributed by atoms with Crippen molar-refractivity contribution in [3.63, 3.8) is 0 Å². The number of hydrogen-bond acceptors (Lipinski definition) is 5. The molecule has 0 aliphatic carbocycles. The summed E-state index contributed by atoms with van der Waals surface area (Å²) in [5.74, 6) is -3.59. The first-order valence-corrected chi connectivity index (χ1v) is 8.27. The molecule has 1 aromatic carbocycles. The second-order valence-electron chi connectivity index (χ2n) is 5.73. The minimum absolute atomic E-state index is 0.144. The number of aryl methyl sites for hydroxylation is 2. The van der Waals surface area contributed by atoms with Crippen LogP contribution in [0.25, 0.3) is 0 Å². The summed E-state index contributed by atoms with van der Waals surface area (Å²) in [6.45, 7) is 3.22. The lowest BCUT2D eigenvalue weighted by Gasteiger charge is -2.13. The number of benzene rings is 1. The highest BCUT2D eigenvalue weighted by atomic mass is 19.3. The van der Waals surface area contributed by atoms with Crippen molar-refractivity contribution < 1.29 is 31.5 Å². The number of alkyl halides is 2. The van der Waals surface area contributed by atoms with E-state index in [9.17, 15) is 26.7 Å². The van der Waals surface area contributed by atoms with E-state index in [-0.39, 0.29) is 12.4 Å². The monoisotopic (exact) mass is 430 g/mol. The van der Waals surface area contributed by atoms with Crippen molar-refractivity contribution in [2.45, 2.75) is 27.0 Å². The van der Waals surface area contributed by atoms with Gasteiger partial charge in [-0.15, -0.1) is 0 Å². The maximum Gasteiger partial charge on any atom is 0.388 e. The molecule has 162 valence electrons. The van der Waals surface area contributed by atoms with E-state index >= 15 is 0 Å². The molecule has 0 atom stereocenters. The van der Waals surface area contributed by atoms with Gasteiger partial charge in [0.15, 0.2) is 0 Å². The number of carbonyl (C=O) groups excluding carboxylic acids is 1. The highest BCUT2D eigenvalue weighted by Gasteiger charge is 2.12. The fourth-order valence-corrected chi connectivity index (χ4v) is 2.12. The Morgan fingerprint density at radius 2 is 1.87 bits per heavy atom. The molecule has 2 aromatic rings. The van der Waals surface area contributed by atoms with Crippen LogP contribution >= 0.6 is 0 Å². The number of halogens is 5. The number of aromatic nitrogens is 1. The number of carbonyl (C=O) groups is 1. The van der Waals surface area contributed by atoms with Crippen LogP contribution in [0.4, 0.5) is 27.6 Å². The molecule has 1 heterocycles. The molecule has 2 rings (SSSR count). The first-order valence-electron chi connectivity index (χ1n) is 8.27. The minimum atomic E-state index is -2.94. The number of nitrogens with zero attached hydrogens (tertiary/aromatic N) is 2. The minimum Gasteiger partial charge on any atom is -0.417 e. The Morgan fingerprint density at radius 1 is 1.27 bits per heavy atom. The summed E-state index contributed by atoms with van der Waals surface area (Å²) < 4.78 is 66.7. The van der Waals surface area contributed by atoms with Crippen LogP contribution in [0.5, 0.6) is 5.88 Å². The van der Waals surface area contributed by atoms with Crippen LogP contribution in [0.15, 0.2) is 41.3 Å². The first kappa shape index (κ1) is 24.5. The molecule has 0 unspecified atom stereocenters. The van der Waals surface area contributed by atoms with Crippen molar-refractivity contribution in [1.29, 1.82) is 0 Å². The number of hydrogen-bond donors (Lipinski definition) is 2. The van der Waals surface area contributed by atoms with Crippen LogP contribution in [0.1, 0.15) is 16.8 Å². The average Bonchev–Trinajstić information content (AvgIpc) is 2.67. The predicted octanol–water partition coefficient (Wildman–Crippen LogP) is 4.17. The van der Waals surface area contributed by atoms with E-state index in [1.54, 1.807) is 19.9 Å². The lowest BCUT2D eigenvalue weighted by atomic mass is 10.2. The van der Waals surface area contributed by atoms with E-state index in [1.807, 2.05) is 0 Å². The number of pyridine rings is 1. The van der Waals surface area contributed by atoms with Crippen molar-refractivity contribution >= 4 is 18.3 Å². The fraction of sp³-hybridized carbons (Fsp3) is 0.211. The van der Waals surface area contributed by atoms with Crippen molar-refractivity contribution in [2.24, 2.45) is 10.7 Å². The normalized spacial score (nSPS) is 10.9. The number of ether oxygens (including phenoxy) is 1. The molecule has 0 saturated heterocycles. The summed E-state index contributed by atoms with van der Waals surface area (Å²) in [6.07, 6.45) is 0.539. The van der Waals surface area contributed by atoms with E-state index in [2.05, 4.69) is 32.5 Å². The maximum absolute atomic E-state index is 13.1.